The van der Waals surface area contributed by atoms with Crippen LogP contribution in [0.3, 0.4) is 0 Å². The van der Waals surface area contributed by atoms with Crippen molar-refractivity contribution >= 4 is 11.9 Å². The lowest BCUT2D eigenvalue weighted by molar-refractivity contribution is -0.179. The molecule has 0 unspecified atom stereocenters. The van der Waals surface area contributed by atoms with Crippen molar-refractivity contribution in [3.8, 4) is 0 Å². The number of ether oxygens (including phenoxy) is 2. The Morgan fingerprint density at radius 1 is 1.10 bits per heavy atom. The van der Waals surface area contributed by atoms with Gasteiger partial charge in [-0.2, -0.15) is 0 Å². The summed E-state index contributed by atoms with van der Waals surface area (Å²) >= 11 is 0. The Labute approximate surface area is 124 Å². The highest BCUT2D eigenvalue weighted by molar-refractivity contribution is 5.83. The average Bonchev–Trinajstić information content (AvgIpc) is 2.52. The fraction of sp³-hybridized carbons (Fsp3) is 0.250. The van der Waals surface area contributed by atoms with E-state index in [2.05, 4.69) is 18.5 Å². The van der Waals surface area contributed by atoms with Crippen LogP contribution < -0.4 is 5.32 Å². The third kappa shape index (κ3) is 7.08. The Morgan fingerprint density at radius 2 is 1.67 bits per heavy atom. The molecule has 0 spiro atoms. The van der Waals surface area contributed by atoms with E-state index in [1.807, 2.05) is 30.3 Å². The van der Waals surface area contributed by atoms with Gasteiger partial charge >= 0.3 is 11.9 Å². The summed E-state index contributed by atoms with van der Waals surface area (Å²) in [7, 11) is 0. The van der Waals surface area contributed by atoms with Gasteiger partial charge in [0, 0.05) is 12.2 Å². The number of benzene rings is 1. The zero-order chi connectivity index (χ0) is 15.5. The van der Waals surface area contributed by atoms with Crippen LogP contribution in [0.1, 0.15) is 5.56 Å². The van der Waals surface area contributed by atoms with E-state index >= 15 is 0 Å². The molecule has 0 radical (unpaired) electrons. The van der Waals surface area contributed by atoms with Gasteiger partial charge in [-0.05, 0) is 18.5 Å². The van der Waals surface area contributed by atoms with Gasteiger partial charge < -0.3 is 14.8 Å². The minimum absolute atomic E-state index is 0.200. The summed E-state index contributed by atoms with van der Waals surface area (Å²) in [5, 5.41) is 3.07. The van der Waals surface area contributed by atoms with Gasteiger partial charge in [0.15, 0.2) is 0 Å². The summed E-state index contributed by atoms with van der Waals surface area (Å²) in [5.74, 6) is -1.30. The summed E-state index contributed by atoms with van der Waals surface area (Å²) in [6.45, 7) is 7.45. The van der Waals surface area contributed by atoms with Crippen LogP contribution >= 0.6 is 0 Å². The zero-order valence-corrected chi connectivity index (χ0v) is 11.8. The first-order valence-electron chi connectivity index (χ1n) is 6.56. The molecule has 0 aliphatic heterocycles. The molecule has 5 heteroatoms. The molecule has 112 valence electrons. The topological polar surface area (TPSA) is 64.6 Å². The Morgan fingerprint density at radius 3 is 2.19 bits per heavy atom. The molecule has 0 bridgehead atoms. The summed E-state index contributed by atoms with van der Waals surface area (Å²) in [4.78, 5) is 22.3. The Hall–Kier alpha value is -2.40. The lowest BCUT2D eigenvalue weighted by atomic mass is 10.1. The van der Waals surface area contributed by atoms with Crippen molar-refractivity contribution in [1.29, 1.82) is 0 Å². The maximum atomic E-state index is 11.2. The highest BCUT2D eigenvalue weighted by Crippen LogP contribution is 2.00. The Balaban J connectivity index is 2.37. The summed E-state index contributed by atoms with van der Waals surface area (Å²) in [6.07, 6.45) is 1.84. The van der Waals surface area contributed by atoms with Crippen molar-refractivity contribution in [2.45, 2.75) is 12.7 Å². The van der Waals surface area contributed by atoms with E-state index in [0.717, 1.165) is 18.6 Å². The average molecular weight is 289 g/mol. The number of carbonyl (C=O) groups excluding carboxylic acids is 2. The first-order valence-corrected chi connectivity index (χ1v) is 6.56. The second-order valence-electron chi connectivity index (χ2n) is 4.15. The van der Waals surface area contributed by atoms with Gasteiger partial charge in [-0.15, -0.1) is 0 Å². The molecule has 0 aliphatic rings. The molecule has 1 aromatic carbocycles. The Kier molecular flexibility index (Phi) is 7.53. The number of esters is 2. The fourth-order valence-electron chi connectivity index (χ4n) is 1.56. The molecule has 5 nitrogen and oxygen atoms in total. The lowest BCUT2D eigenvalue weighted by Crippen LogP contribution is -2.35. The summed E-state index contributed by atoms with van der Waals surface area (Å²) in [5.41, 5.74) is 1.19. The highest BCUT2D eigenvalue weighted by Gasteiger charge is 2.15. The van der Waals surface area contributed by atoms with E-state index in [9.17, 15) is 9.59 Å². The number of carbonyl (C=O) groups is 2. The van der Waals surface area contributed by atoms with Crippen molar-refractivity contribution < 1.29 is 19.1 Å². The molecule has 0 heterocycles. The number of hydrogen-bond donors (Lipinski definition) is 1. The van der Waals surface area contributed by atoms with Crippen molar-refractivity contribution in [2.24, 2.45) is 0 Å². The summed E-state index contributed by atoms with van der Waals surface area (Å²) < 4.78 is 9.83. The van der Waals surface area contributed by atoms with E-state index in [-0.39, 0.29) is 6.54 Å². The van der Waals surface area contributed by atoms with Gasteiger partial charge in [-0.25, -0.2) is 9.59 Å². The molecule has 0 saturated heterocycles. The molecule has 0 saturated carbocycles. The largest absolute Gasteiger partial charge is 0.421 e. The van der Waals surface area contributed by atoms with Crippen molar-refractivity contribution in [2.75, 3.05) is 13.1 Å². The normalized spacial score (nSPS) is 9.95. The standard InChI is InChI=1S/C16H19NO4/c1-3-14(18)20-16(21-15(19)4-2)12-17-11-10-13-8-6-5-7-9-13/h3-9,16-17H,1-2,10-12H2. The van der Waals surface area contributed by atoms with E-state index in [0.29, 0.717) is 6.54 Å². The Bertz CT molecular complexity index is 462. The maximum absolute atomic E-state index is 11.2. The van der Waals surface area contributed by atoms with E-state index in [4.69, 9.17) is 9.47 Å². The molecule has 0 atom stereocenters. The van der Waals surface area contributed by atoms with Gasteiger partial charge in [0.25, 0.3) is 6.29 Å². The smallest absolute Gasteiger partial charge is 0.333 e. The third-order valence-electron chi connectivity index (χ3n) is 2.57. The van der Waals surface area contributed by atoms with Crippen molar-refractivity contribution in [3.05, 3.63) is 61.2 Å². The van der Waals surface area contributed by atoms with Crippen LogP contribution in [0.25, 0.3) is 0 Å². The SMILES string of the molecule is C=CC(=O)OC(CNCCc1ccccc1)OC(=O)C=C. The van der Waals surface area contributed by atoms with Crippen LogP contribution in [0.2, 0.25) is 0 Å². The molecule has 0 aliphatic carbocycles. The first-order chi connectivity index (χ1) is 10.2. The van der Waals surface area contributed by atoms with Gasteiger partial charge in [-0.3, -0.25) is 0 Å². The van der Waals surface area contributed by atoms with Crippen LogP contribution in [0.15, 0.2) is 55.6 Å². The van der Waals surface area contributed by atoms with Crippen LogP contribution in [-0.4, -0.2) is 31.3 Å². The van der Waals surface area contributed by atoms with Crippen LogP contribution in [-0.2, 0) is 25.5 Å². The lowest BCUT2D eigenvalue weighted by Gasteiger charge is -2.17. The molecular weight excluding hydrogens is 270 g/mol. The zero-order valence-electron chi connectivity index (χ0n) is 11.8. The molecule has 1 rings (SSSR count). The van der Waals surface area contributed by atoms with Gasteiger partial charge in [0.05, 0.1) is 6.54 Å². The number of rotatable bonds is 9. The monoisotopic (exact) mass is 289 g/mol. The predicted octanol–water partition coefficient (Wildman–Crippen LogP) is 1.60. The fourth-order valence-corrected chi connectivity index (χ4v) is 1.56. The molecule has 0 aromatic heterocycles. The van der Waals surface area contributed by atoms with Crippen LogP contribution in [0.5, 0.6) is 0 Å². The molecule has 21 heavy (non-hydrogen) atoms. The third-order valence-corrected chi connectivity index (χ3v) is 2.57. The van der Waals surface area contributed by atoms with Gasteiger partial charge in [-0.1, -0.05) is 43.5 Å². The van der Waals surface area contributed by atoms with Gasteiger partial charge in [0.2, 0.25) is 0 Å². The number of nitrogens with one attached hydrogen (secondary N) is 1. The molecular formula is C16H19NO4. The van der Waals surface area contributed by atoms with Crippen molar-refractivity contribution in [3.63, 3.8) is 0 Å². The number of hydrogen-bond acceptors (Lipinski definition) is 5. The maximum Gasteiger partial charge on any atom is 0.333 e. The first kappa shape index (κ1) is 16.7. The second-order valence-corrected chi connectivity index (χ2v) is 4.15. The summed E-state index contributed by atoms with van der Waals surface area (Å²) in [6, 6.07) is 9.94. The van der Waals surface area contributed by atoms with Crippen molar-refractivity contribution in [1.82, 2.24) is 5.32 Å². The molecule has 0 amide bonds. The quantitative estimate of drug-likeness (QED) is 0.324. The minimum Gasteiger partial charge on any atom is -0.421 e. The molecule has 1 N–H and O–H groups in total. The van der Waals surface area contributed by atoms with E-state index in [1.165, 1.54) is 5.56 Å². The molecule has 1 aromatic rings. The van der Waals surface area contributed by atoms with E-state index < -0.39 is 18.2 Å². The van der Waals surface area contributed by atoms with Gasteiger partial charge in [0.1, 0.15) is 0 Å². The highest BCUT2D eigenvalue weighted by atomic mass is 16.7. The predicted molar refractivity (Wildman–Crippen MR) is 79.4 cm³/mol. The molecule has 0 fully saturated rings. The van der Waals surface area contributed by atoms with Crippen LogP contribution in [0.4, 0.5) is 0 Å². The van der Waals surface area contributed by atoms with E-state index in [1.54, 1.807) is 0 Å². The second kappa shape index (κ2) is 9.50. The van der Waals surface area contributed by atoms with Crippen LogP contribution in [0, 0.1) is 0 Å². The minimum atomic E-state index is -1.00.